The van der Waals surface area contributed by atoms with E-state index in [0.717, 1.165) is 128 Å². The van der Waals surface area contributed by atoms with Crippen molar-refractivity contribution in [2.75, 3.05) is 0 Å². The third-order valence-electron chi connectivity index (χ3n) is 14.0. The summed E-state index contributed by atoms with van der Waals surface area (Å²) in [4.78, 5) is 45.7. The quantitative estimate of drug-likeness (QED) is 0.0450. The molecule has 0 rings (SSSR count). The van der Waals surface area contributed by atoms with Crippen LogP contribution in [0.3, 0.4) is 0 Å². The van der Waals surface area contributed by atoms with E-state index in [2.05, 4.69) is 192 Å². The fourth-order valence-corrected chi connectivity index (χ4v) is 8.11. The average molecular weight is 1200 g/mol. The summed E-state index contributed by atoms with van der Waals surface area (Å²) >= 11 is 0. The lowest BCUT2D eigenvalue weighted by atomic mass is 10.0. The first-order valence-corrected chi connectivity index (χ1v) is 35.4. The third-order valence-corrected chi connectivity index (χ3v) is 14.0. The fraction of sp³-hybridized carbons (Fsp3) is 0.614. The predicted molar refractivity (Wildman–Crippen MR) is 392 cm³/mol. The lowest BCUT2D eigenvalue weighted by Gasteiger charge is -2.04. The van der Waals surface area contributed by atoms with Gasteiger partial charge < -0.3 is 0 Å². The number of hydrogen-bond donors (Lipinski definition) is 0. The maximum atomic E-state index is 11.5. The Balaban J connectivity index is -0.000000534. The minimum Gasteiger partial charge on any atom is -0.299 e. The summed E-state index contributed by atoms with van der Waals surface area (Å²) in [5.41, 5.74) is 0. The summed E-state index contributed by atoms with van der Waals surface area (Å²) in [5, 5.41) is 0. The molecule has 4 nitrogen and oxygen atoms in total. The molecule has 0 aromatic carbocycles. The zero-order valence-corrected chi connectivity index (χ0v) is 58.9. The molecule has 0 aromatic heterocycles. The Morgan fingerprint density at radius 2 is 0.425 bits per heavy atom. The first-order valence-electron chi connectivity index (χ1n) is 35.4. The highest BCUT2D eigenvalue weighted by Gasteiger charge is 2.08. The van der Waals surface area contributed by atoms with Crippen molar-refractivity contribution in [1.82, 2.24) is 0 Å². The zero-order valence-electron chi connectivity index (χ0n) is 58.9. The first-order chi connectivity index (χ1) is 42.2. The van der Waals surface area contributed by atoms with Crippen LogP contribution in [0.2, 0.25) is 0 Å². The molecule has 494 valence electrons. The molecule has 87 heavy (non-hydrogen) atoms. The van der Waals surface area contributed by atoms with Crippen LogP contribution in [-0.4, -0.2) is 23.1 Å². The van der Waals surface area contributed by atoms with Gasteiger partial charge in [-0.1, -0.05) is 324 Å². The topological polar surface area (TPSA) is 68.3 Å². The second-order valence-electron chi connectivity index (χ2n) is 23.9. The highest BCUT2D eigenvalue weighted by atomic mass is 16.1. The summed E-state index contributed by atoms with van der Waals surface area (Å²) in [7, 11) is 0. The Kier molecular flexibility index (Phi) is 78.4. The molecule has 0 N–H and O–H groups in total. The fourth-order valence-electron chi connectivity index (χ4n) is 8.11. The molecule has 0 aliphatic rings. The van der Waals surface area contributed by atoms with E-state index in [1.165, 1.54) is 83.5 Å². The van der Waals surface area contributed by atoms with Crippen LogP contribution in [-0.2, 0) is 19.2 Å². The molecule has 0 radical (unpaired) electrons. The Morgan fingerprint density at radius 3 is 0.690 bits per heavy atom. The number of Topliss-reactive ketones (excluding diaryl/α,β-unsaturated/α-hetero) is 4. The lowest BCUT2D eigenvalue weighted by Crippen LogP contribution is -2.05. The molecule has 0 amide bonds. The lowest BCUT2D eigenvalue weighted by molar-refractivity contribution is -0.122. The van der Waals surface area contributed by atoms with Crippen LogP contribution in [0.4, 0.5) is 0 Å². The van der Waals surface area contributed by atoms with E-state index in [0.29, 0.717) is 36.0 Å². The maximum absolute atomic E-state index is 11.5. The van der Waals surface area contributed by atoms with Crippen molar-refractivity contribution in [3.05, 3.63) is 170 Å². The van der Waals surface area contributed by atoms with Crippen LogP contribution in [0.1, 0.15) is 308 Å². The van der Waals surface area contributed by atoms with E-state index in [9.17, 15) is 19.2 Å². The van der Waals surface area contributed by atoms with Crippen LogP contribution >= 0.6 is 0 Å². The number of hydrogen-bond acceptors (Lipinski definition) is 4. The zero-order chi connectivity index (χ0) is 65.2. The molecular weight excluding hydrogens is 1060 g/mol. The van der Waals surface area contributed by atoms with Crippen LogP contribution in [0.25, 0.3) is 0 Å². The van der Waals surface area contributed by atoms with Crippen molar-refractivity contribution >= 4 is 23.1 Å². The molecule has 0 bridgehead atoms. The van der Waals surface area contributed by atoms with Gasteiger partial charge in [0, 0.05) is 49.4 Å². The molecule has 0 unspecified atom stereocenters. The van der Waals surface area contributed by atoms with Gasteiger partial charge in [0.2, 0.25) is 0 Å². The van der Waals surface area contributed by atoms with Gasteiger partial charge in [0.05, 0.1) is 0 Å². The Morgan fingerprint density at radius 1 is 0.218 bits per heavy atom. The van der Waals surface area contributed by atoms with Crippen LogP contribution in [0.15, 0.2) is 170 Å². The van der Waals surface area contributed by atoms with E-state index >= 15 is 0 Å². The van der Waals surface area contributed by atoms with Gasteiger partial charge in [-0.25, -0.2) is 0 Å². The van der Waals surface area contributed by atoms with Gasteiger partial charge in [-0.2, -0.15) is 0 Å². The number of allylic oxidation sites excluding steroid dienone is 28. The number of carbonyl (C=O) groups excluding carboxylic acids is 4. The van der Waals surface area contributed by atoms with Crippen molar-refractivity contribution in [3.8, 4) is 0 Å². The second-order valence-corrected chi connectivity index (χ2v) is 23.9. The summed E-state index contributed by atoms with van der Waals surface area (Å²) < 4.78 is 0. The Bertz CT molecular complexity index is 1960. The van der Waals surface area contributed by atoms with E-state index in [4.69, 9.17) is 0 Å². The van der Waals surface area contributed by atoms with Crippen molar-refractivity contribution in [2.45, 2.75) is 308 Å². The standard InChI is InChI=1S/C24H36O.C23H36O.C21H36O.C15H30O/c1-4-5-6-7-8-9-10-11-12-13-14-15-16-17-18-19-20-21-22-24(25)23(2)3;1-4-5-6-7-8-9-10-11-12-13-14-15-16-17-18-19-20-21-23(24)22(2)3;1-4-5-6-7-8-9-10-11-12-13-14-15-16-17-18-19-21(22)20(2)3;1-4-5-6-7-8-9-10-11-12-13-15(16)14(2)3/h5-6,8-9,11-12,14-15,17-18,20-21,23H,4,7,10,13,16,19,22H2,1-3H3;5-6,8-9,11-12,14-15,17-18,22H,4,7,10,13,16,19-21H2,1-3H3;5-6,8-9,11-12,20H,4,7,10,13-19H2,1-3H3;14H,4-13H2,1-3H3/b6-5-,9-8-,12-11-,15-14-,18-17-,21-20-;6-5-,9-8-,12-11-,15-14-,18-17-;6-5-,9-8-,12-11-;. The monoisotopic (exact) mass is 1200 g/mol. The highest BCUT2D eigenvalue weighted by molar-refractivity contribution is 5.82. The Labute approximate surface area is 541 Å². The van der Waals surface area contributed by atoms with Crippen LogP contribution in [0, 0.1) is 23.7 Å². The van der Waals surface area contributed by atoms with Gasteiger partial charge in [-0.15, -0.1) is 0 Å². The average Bonchev–Trinajstić information content (AvgIpc) is 3.51. The number of rotatable bonds is 53. The van der Waals surface area contributed by atoms with E-state index in [1.807, 2.05) is 61.5 Å². The largest absolute Gasteiger partial charge is 0.299 e. The number of carbonyl (C=O) groups is 4. The number of ketones is 4. The van der Waals surface area contributed by atoms with Crippen molar-refractivity contribution in [3.63, 3.8) is 0 Å². The summed E-state index contributed by atoms with van der Waals surface area (Å²) in [6.45, 7) is 24.5. The molecule has 0 saturated carbocycles. The van der Waals surface area contributed by atoms with Gasteiger partial charge in [0.1, 0.15) is 23.1 Å². The molecule has 0 heterocycles. The smallest absolute Gasteiger partial charge is 0.139 e. The minimum atomic E-state index is 0.137. The molecule has 0 saturated heterocycles. The Hall–Kier alpha value is -4.96. The molecule has 0 aliphatic carbocycles. The molecule has 4 heteroatoms. The van der Waals surface area contributed by atoms with Gasteiger partial charge in [0.15, 0.2) is 0 Å². The maximum Gasteiger partial charge on any atom is 0.139 e. The van der Waals surface area contributed by atoms with Gasteiger partial charge >= 0.3 is 0 Å². The van der Waals surface area contributed by atoms with Gasteiger partial charge in [-0.3, -0.25) is 19.2 Å². The number of unbranched alkanes of at least 4 members (excludes halogenated alkanes) is 14. The molecule has 0 fully saturated rings. The highest BCUT2D eigenvalue weighted by Crippen LogP contribution is 2.13. The SMILES string of the molecule is CC/C=C\C/C=C\C/C=C\C/C=C\C/C=C\C/C=C\CC(=O)C(C)C.CC/C=C\C/C=C\C/C=C\C/C=C\C/C=C\CCCC(=O)C(C)C.CC/C=C\C/C=C\C/C=C\CCCCCCCC(=O)C(C)C.CCCCCCCCCCCC(=O)C(C)C. The normalized spacial score (nSPS) is 12.6. The van der Waals surface area contributed by atoms with Gasteiger partial charge in [-0.05, 0) is 128 Å². The molecular formula is C83H138O4. The van der Waals surface area contributed by atoms with Crippen LogP contribution < -0.4 is 0 Å². The molecule has 0 spiro atoms. The van der Waals surface area contributed by atoms with E-state index in [1.54, 1.807) is 0 Å². The summed E-state index contributed by atoms with van der Waals surface area (Å²) in [5.74, 6) is 2.29. The summed E-state index contributed by atoms with van der Waals surface area (Å²) in [6, 6.07) is 0. The molecule has 0 aromatic rings. The van der Waals surface area contributed by atoms with Crippen molar-refractivity contribution in [2.24, 2.45) is 23.7 Å². The predicted octanol–water partition coefficient (Wildman–Crippen LogP) is 26.4. The third kappa shape index (κ3) is 83.1. The van der Waals surface area contributed by atoms with Crippen molar-refractivity contribution in [1.29, 1.82) is 0 Å². The minimum absolute atomic E-state index is 0.137. The molecule has 0 aliphatic heterocycles. The van der Waals surface area contributed by atoms with E-state index in [-0.39, 0.29) is 23.7 Å². The van der Waals surface area contributed by atoms with Gasteiger partial charge in [0.25, 0.3) is 0 Å². The summed E-state index contributed by atoms with van der Waals surface area (Å²) in [6.07, 6.45) is 100.0. The van der Waals surface area contributed by atoms with E-state index < -0.39 is 0 Å². The first kappa shape index (κ1) is 88.5. The van der Waals surface area contributed by atoms with Crippen molar-refractivity contribution < 1.29 is 19.2 Å². The second kappa shape index (κ2) is 77.1. The molecule has 0 atom stereocenters. The van der Waals surface area contributed by atoms with Crippen LogP contribution in [0.5, 0.6) is 0 Å².